The smallest absolute Gasteiger partial charge is 0.326 e. The molecule has 0 rings (SSSR count). The summed E-state index contributed by atoms with van der Waals surface area (Å²) in [5.74, 6) is -0.691. The largest absolute Gasteiger partial charge is 0.480 e. The molecule has 0 aromatic rings. The fourth-order valence-electron chi connectivity index (χ4n) is 2.78. The molecule has 0 radical (unpaired) electrons. The molecule has 0 aromatic heterocycles. The maximum Gasteiger partial charge on any atom is 0.326 e. The molecule has 6 heteroatoms. The molecule has 0 heterocycles. The highest BCUT2D eigenvalue weighted by Gasteiger charge is 2.18. The van der Waals surface area contributed by atoms with Gasteiger partial charge in [0, 0.05) is 6.42 Å². The van der Waals surface area contributed by atoms with Crippen molar-refractivity contribution >= 4 is 24.5 Å². The zero-order valence-electron chi connectivity index (χ0n) is 16.1. The van der Waals surface area contributed by atoms with Gasteiger partial charge in [0.25, 0.3) is 0 Å². The van der Waals surface area contributed by atoms with Crippen LogP contribution in [0.3, 0.4) is 0 Å². The molecule has 0 aromatic carbocycles. The van der Waals surface area contributed by atoms with E-state index < -0.39 is 12.0 Å². The summed E-state index contributed by atoms with van der Waals surface area (Å²) in [5.41, 5.74) is 0. The van der Waals surface area contributed by atoms with Gasteiger partial charge in [-0.2, -0.15) is 12.6 Å². The van der Waals surface area contributed by atoms with Gasteiger partial charge in [0.15, 0.2) is 0 Å². The number of carboxylic acids is 1. The van der Waals surface area contributed by atoms with Gasteiger partial charge in [-0.15, -0.1) is 0 Å². The fraction of sp³-hybridized carbons (Fsp3) is 0.895. The third-order valence-corrected chi connectivity index (χ3v) is 4.57. The first kappa shape index (κ1) is 24.2. The Morgan fingerprint density at radius 3 is 1.84 bits per heavy atom. The molecule has 0 fully saturated rings. The van der Waals surface area contributed by atoms with E-state index in [1.165, 1.54) is 51.5 Å². The van der Waals surface area contributed by atoms with Crippen LogP contribution in [0.1, 0.15) is 77.0 Å². The Labute approximate surface area is 159 Å². The number of nitrogens with zero attached hydrogens (tertiary/aromatic N) is 1. The zero-order valence-corrected chi connectivity index (χ0v) is 17.0. The molecule has 0 aliphatic rings. The molecule has 0 saturated carbocycles. The summed E-state index contributed by atoms with van der Waals surface area (Å²) < 4.78 is 0. The Bertz CT molecular complexity index is 352. The standard InChI is InChI=1S/C19H38N2O3S/c1-21(2)15-12-10-8-6-4-3-5-7-9-11-13-18(22)20-17(14-16-25)19(23)24/h17,25H,3-16H2,1-2H3,(H,20,22)(H,23,24). The first-order valence-electron chi connectivity index (χ1n) is 9.75. The molecular formula is C19H38N2O3S. The monoisotopic (exact) mass is 374 g/mol. The average molecular weight is 375 g/mol. The van der Waals surface area contributed by atoms with Gasteiger partial charge in [-0.3, -0.25) is 4.79 Å². The van der Waals surface area contributed by atoms with Gasteiger partial charge in [0.05, 0.1) is 0 Å². The number of rotatable bonds is 17. The summed E-state index contributed by atoms with van der Waals surface area (Å²) in [6.45, 7) is 1.19. The number of hydrogen-bond donors (Lipinski definition) is 3. The van der Waals surface area contributed by atoms with Crippen LogP contribution >= 0.6 is 12.6 Å². The van der Waals surface area contributed by atoms with E-state index in [0.717, 1.165) is 19.3 Å². The van der Waals surface area contributed by atoms with Gasteiger partial charge >= 0.3 is 5.97 Å². The average Bonchev–Trinajstić information content (AvgIpc) is 2.55. The summed E-state index contributed by atoms with van der Waals surface area (Å²) in [6, 6.07) is -0.803. The molecule has 0 saturated heterocycles. The molecule has 0 spiro atoms. The molecule has 1 atom stereocenters. The lowest BCUT2D eigenvalue weighted by Gasteiger charge is -2.13. The summed E-state index contributed by atoms with van der Waals surface area (Å²) in [6.07, 6.45) is 12.9. The Hall–Kier alpha value is -0.750. The quantitative estimate of drug-likeness (QED) is 0.268. The van der Waals surface area contributed by atoms with Crippen LogP contribution in [0.25, 0.3) is 0 Å². The number of nitrogens with one attached hydrogen (secondary N) is 1. The maximum absolute atomic E-state index is 11.7. The van der Waals surface area contributed by atoms with E-state index in [0.29, 0.717) is 18.6 Å². The highest BCUT2D eigenvalue weighted by molar-refractivity contribution is 7.80. The van der Waals surface area contributed by atoms with Gasteiger partial charge in [-0.1, -0.05) is 51.4 Å². The van der Waals surface area contributed by atoms with Crippen molar-refractivity contribution in [3.05, 3.63) is 0 Å². The van der Waals surface area contributed by atoms with Gasteiger partial charge in [-0.05, 0) is 45.7 Å². The van der Waals surface area contributed by atoms with Crippen LogP contribution in [0.5, 0.6) is 0 Å². The molecule has 25 heavy (non-hydrogen) atoms. The van der Waals surface area contributed by atoms with Crippen molar-refractivity contribution in [2.45, 2.75) is 83.1 Å². The number of carbonyl (C=O) groups excluding carboxylic acids is 1. The van der Waals surface area contributed by atoms with Crippen LogP contribution < -0.4 is 5.32 Å². The zero-order chi connectivity index (χ0) is 18.9. The minimum Gasteiger partial charge on any atom is -0.480 e. The molecule has 148 valence electrons. The molecular weight excluding hydrogens is 336 g/mol. The minimum atomic E-state index is -0.982. The second kappa shape index (κ2) is 16.7. The number of aliphatic carboxylic acids is 1. The SMILES string of the molecule is CN(C)CCCCCCCCCCCCC(=O)NC(CCS)C(=O)O. The third kappa shape index (κ3) is 16.5. The lowest BCUT2D eigenvalue weighted by Crippen LogP contribution is -2.40. The van der Waals surface area contributed by atoms with Gasteiger partial charge < -0.3 is 15.3 Å². The number of hydrogen-bond acceptors (Lipinski definition) is 4. The Morgan fingerprint density at radius 2 is 1.40 bits per heavy atom. The molecule has 0 bridgehead atoms. The second-order valence-electron chi connectivity index (χ2n) is 7.06. The van der Waals surface area contributed by atoms with Crippen molar-refractivity contribution < 1.29 is 14.7 Å². The fourth-order valence-corrected chi connectivity index (χ4v) is 3.04. The number of carboxylic acid groups (broad SMARTS) is 1. The molecule has 1 amide bonds. The van der Waals surface area contributed by atoms with Crippen LogP contribution in [0.2, 0.25) is 0 Å². The Balaban J connectivity index is 3.40. The van der Waals surface area contributed by atoms with Crippen molar-refractivity contribution in [3.8, 4) is 0 Å². The maximum atomic E-state index is 11.7. The van der Waals surface area contributed by atoms with E-state index in [-0.39, 0.29) is 5.91 Å². The predicted molar refractivity (Wildman–Crippen MR) is 107 cm³/mol. The highest BCUT2D eigenvalue weighted by Crippen LogP contribution is 2.11. The van der Waals surface area contributed by atoms with E-state index in [4.69, 9.17) is 5.11 Å². The molecule has 0 aliphatic carbocycles. The summed E-state index contributed by atoms with van der Waals surface area (Å²) >= 11 is 4.02. The highest BCUT2D eigenvalue weighted by atomic mass is 32.1. The first-order chi connectivity index (χ1) is 12.0. The van der Waals surface area contributed by atoms with Crippen LogP contribution in [-0.4, -0.2) is 54.3 Å². The predicted octanol–water partition coefficient (Wildman–Crippen LogP) is 3.73. The Morgan fingerprint density at radius 1 is 0.920 bits per heavy atom. The lowest BCUT2D eigenvalue weighted by molar-refractivity contribution is -0.141. The van der Waals surface area contributed by atoms with E-state index in [1.54, 1.807) is 0 Å². The Kier molecular flexibility index (Phi) is 16.2. The lowest BCUT2D eigenvalue weighted by atomic mass is 10.1. The van der Waals surface area contributed by atoms with Crippen LogP contribution in [0, 0.1) is 0 Å². The third-order valence-electron chi connectivity index (χ3n) is 4.31. The minimum absolute atomic E-state index is 0.160. The molecule has 1 unspecified atom stereocenters. The number of carbonyl (C=O) groups is 2. The molecule has 5 nitrogen and oxygen atoms in total. The second-order valence-corrected chi connectivity index (χ2v) is 7.51. The first-order valence-corrected chi connectivity index (χ1v) is 10.4. The van der Waals surface area contributed by atoms with E-state index >= 15 is 0 Å². The summed E-state index contributed by atoms with van der Waals surface area (Å²) in [7, 11) is 4.24. The number of unbranched alkanes of at least 4 members (excludes halogenated alkanes) is 9. The topological polar surface area (TPSA) is 69.6 Å². The molecule has 0 aliphatic heterocycles. The van der Waals surface area contributed by atoms with Crippen molar-refractivity contribution in [2.75, 3.05) is 26.4 Å². The van der Waals surface area contributed by atoms with E-state index in [2.05, 4.69) is 36.9 Å². The van der Waals surface area contributed by atoms with E-state index in [1.807, 2.05) is 0 Å². The summed E-state index contributed by atoms with van der Waals surface area (Å²) in [4.78, 5) is 24.9. The van der Waals surface area contributed by atoms with Gasteiger partial charge in [0.1, 0.15) is 6.04 Å². The van der Waals surface area contributed by atoms with Crippen molar-refractivity contribution in [2.24, 2.45) is 0 Å². The summed E-state index contributed by atoms with van der Waals surface area (Å²) in [5, 5.41) is 11.6. The molecule has 2 N–H and O–H groups in total. The normalized spacial score (nSPS) is 12.3. The van der Waals surface area contributed by atoms with E-state index in [9.17, 15) is 9.59 Å². The van der Waals surface area contributed by atoms with Crippen LogP contribution in [0.4, 0.5) is 0 Å². The van der Waals surface area contributed by atoms with Crippen molar-refractivity contribution in [1.29, 1.82) is 0 Å². The van der Waals surface area contributed by atoms with Gasteiger partial charge in [0.2, 0.25) is 5.91 Å². The van der Waals surface area contributed by atoms with Crippen molar-refractivity contribution in [1.82, 2.24) is 10.2 Å². The van der Waals surface area contributed by atoms with Crippen molar-refractivity contribution in [3.63, 3.8) is 0 Å². The van der Waals surface area contributed by atoms with Gasteiger partial charge in [-0.25, -0.2) is 4.79 Å². The van der Waals surface area contributed by atoms with Crippen LogP contribution in [-0.2, 0) is 9.59 Å². The number of thiol groups is 1. The number of amides is 1. The van der Waals surface area contributed by atoms with Crippen LogP contribution in [0.15, 0.2) is 0 Å².